The lowest BCUT2D eigenvalue weighted by molar-refractivity contribution is -0.147. The molecule has 0 saturated carbocycles. The van der Waals surface area contributed by atoms with Crippen molar-refractivity contribution in [2.24, 2.45) is 5.73 Å². The molecule has 0 bridgehead atoms. The van der Waals surface area contributed by atoms with Gasteiger partial charge in [-0.15, -0.1) is 11.8 Å². The molecular weight excluding hydrogens is 350 g/mol. The molecule has 130 valence electrons. The van der Waals surface area contributed by atoms with Crippen molar-refractivity contribution in [3.63, 3.8) is 0 Å². The number of carbonyl (C=O) groups is 2. The maximum absolute atomic E-state index is 11.9. The first-order chi connectivity index (χ1) is 11.5. The number of fused-ring (bicyclic) bond motifs is 1. The molecule has 1 unspecified atom stereocenters. The summed E-state index contributed by atoms with van der Waals surface area (Å²) < 4.78 is 5.72. The van der Waals surface area contributed by atoms with Crippen molar-refractivity contribution in [1.29, 1.82) is 0 Å². The van der Waals surface area contributed by atoms with Crippen LogP contribution >= 0.6 is 23.5 Å². The van der Waals surface area contributed by atoms with E-state index < -0.39 is 12.0 Å². The van der Waals surface area contributed by atoms with Gasteiger partial charge in [0, 0.05) is 17.9 Å². The van der Waals surface area contributed by atoms with E-state index in [-0.39, 0.29) is 17.0 Å². The quantitative estimate of drug-likeness (QED) is 0.573. The number of oxazole rings is 1. The molecule has 2 aliphatic heterocycles. The summed E-state index contributed by atoms with van der Waals surface area (Å²) in [5, 5.41) is 9.99. The molecule has 1 fully saturated rings. The zero-order valence-corrected chi connectivity index (χ0v) is 15.1. The smallest absolute Gasteiger partial charge is 0.352 e. The zero-order valence-electron chi connectivity index (χ0n) is 13.4. The van der Waals surface area contributed by atoms with Gasteiger partial charge in [-0.1, -0.05) is 25.6 Å². The van der Waals surface area contributed by atoms with E-state index in [0.717, 1.165) is 17.2 Å². The Bertz CT molecular complexity index is 716. The Kier molecular flexibility index (Phi) is 4.93. The fourth-order valence-electron chi connectivity index (χ4n) is 2.72. The van der Waals surface area contributed by atoms with Gasteiger partial charge >= 0.3 is 5.97 Å². The summed E-state index contributed by atoms with van der Waals surface area (Å²) in [4.78, 5) is 29.3. The fourth-order valence-corrected chi connectivity index (χ4v) is 5.19. The summed E-state index contributed by atoms with van der Waals surface area (Å²) in [5.74, 6) is 0.273. The fraction of sp³-hybridized carbons (Fsp3) is 0.533. The van der Waals surface area contributed by atoms with Crippen LogP contribution in [0.5, 0.6) is 0 Å². The number of thioether (sulfide) groups is 2. The number of rotatable bonds is 6. The van der Waals surface area contributed by atoms with Crippen LogP contribution in [-0.4, -0.2) is 49.8 Å². The van der Waals surface area contributed by atoms with Crippen molar-refractivity contribution in [2.75, 3.05) is 11.5 Å². The van der Waals surface area contributed by atoms with Crippen LogP contribution in [0.4, 0.5) is 0 Å². The van der Waals surface area contributed by atoms with Crippen molar-refractivity contribution >= 4 is 35.4 Å². The van der Waals surface area contributed by atoms with E-state index in [0.29, 0.717) is 29.4 Å². The molecule has 3 heterocycles. The van der Waals surface area contributed by atoms with E-state index in [9.17, 15) is 14.7 Å². The van der Waals surface area contributed by atoms with Crippen LogP contribution in [0.1, 0.15) is 25.4 Å². The molecule has 2 aliphatic rings. The summed E-state index contributed by atoms with van der Waals surface area (Å²) in [6.07, 6.45) is 1.47. The van der Waals surface area contributed by atoms with Crippen LogP contribution in [0, 0.1) is 0 Å². The average molecular weight is 369 g/mol. The van der Waals surface area contributed by atoms with Crippen molar-refractivity contribution < 1.29 is 19.1 Å². The minimum absolute atomic E-state index is 0.0752. The molecule has 9 heteroatoms. The normalized spacial score (nSPS) is 23.3. The Labute approximate surface area is 148 Å². The first-order valence-electron chi connectivity index (χ1n) is 7.74. The lowest BCUT2D eigenvalue weighted by atomic mass is 10.0. The Morgan fingerprint density at radius 3 is 2.88 bits per heavy atom. The number of nitrogens with two attached hydrogens (primary N) is 1. The van der Waals surface area contributed by atoms with E-state index in [1.165, 1.54) is 28.4 Å². The van der Waals surface area contributed by atoms with Gasteiger partial charge in [0.05, 0.1) is 5.69 Å². The number of carboxylic acid groups (broad SMARTS) is 1. The number of aryl methyl sites for hydroxylation is 2. The molecule has 24 heavy (non-hydrogen) atoms. The van der Waals surface area contributed by atoms with Crippen LogP contribution in [0.2, 0.25) is 0 Å². The highest BCUT2D eigenvalue weighted by Crippen LogP contribution is 2.41. The number of aromatic nitrogens is 1. The second-order valence-electron chi connectivity index (χ2n) is 5.53. The summed E-state index contributed by atoms with van der Waals surface area (Å²) in [6, 6.07) is -0.605. The minimum Gasteiger partial charge on any atom is -0.477 e. The molecule has 1 aromatic rings. The van der Waals surface area contributed by atoms with Crippen LogP contribution in [0.3, 0.4) is 0 Å². The topological polar surface area (TPSA) is 110 Å². The maximum atomic E-state index is 11.9. The summed E-state index contributed by atoms with van der Waals surface area (Å²) in [5.41, 5.74) is 7.42. The molecule has 7 nitrogen and oxygen atoms in total. The van der Waals surface area contributed by atoms with Crippen molar-refractivity contribution in [2.45, 2.75) is 43.2 Å². The first-order valence-corrected chi connectivity index (χ1v) is 9.78. The Balaban J connectivity index is 1.81. The molecular formula is C15H19N3O4S2. The van der Waals surface area contributed by atoms with Gasteiger partial charge in [-0.3, -0.25) is 9.69 Å². The number of nitrogens with zero attached hydrogens (tertiary/aromatic N) is 2. The third-order valence-corrected chi connectivity index (χ3v) is 6.45. The summed E-state index contributed by atoms with van der Waals surface area (Å²) in [6.45, 7) is 3.98. The van der Waals surface area contributed by atoms with Crippen LogP contribution in [0.25, 0.3) is 0 Å². The first kappa shape index (κ1) is 17.4. The second kappa shape index (κ2) is 6.81. The maximum Gasteiger partial charge on any atom is 0.352 e. The summed E-state index contributed by atoms with van der Waals surface area (Å²) >= 11 is 2.94. The van der Waals surface area contributed by atoms with Gasteiger partial charge in [-0.25, -0.2) is 9.78 Å². The van der Waals surface area contributed by atoms with Crippen molar-refractivity contribution in [3.8, 4) is 0 Å². The number of carboxylic acids is 1. The van der Waals surface area contributed by atoms with Gasteiger partial charge in [-0.05, 0) is 12.0 Å². The highest BCUT2D eigenvalue weighted by atomic mass is 32.2. The lowest BCUT2D eigenvalue weighted by Crippen LogP contribution is -2.68. The van der Waals surface area contributed by atoms with Gasteiger partial charge < -0.3 is 15.3 Å². The predicted molar refractivity (Wildman–Crippen MR) is 91.7 cm³/mol. The van der Waals surface area contributed by atoms with Gasteiger partial charge in [0.25, 0.3) is 0 Å². The zero-order chi connectivity index (χ0) is 17.4. The monoisotopic (exact) mass is 369 g/mol. The van der Waals surface area contributed by atoms with E-state index in [4.69, 9.17) is 10.2 Å². The number of carbonyl (C=O) groups excluding carboxylic acids is 1. The molecule has 0 radical (unpaired) electrons. The summed E-state index contributed by atoms with van der Waals surface area (Å²) in [7, 11) is 0. The molecule has 0 spiro atoms. The average Bonchev–Trinajstić information content (AvgIpc) is 3.00. The molecule has 3 rings (SSSR count). The minimum atomic E-state index is -1.08. The lowest BCUT2D eigenvalue weighted by Gasteiger charge is -2.48. The highest BCUT2D eigenvalue weighted by molar-refractivity contribution is 8.01. The van der Waals surface area contributed by atoms with Crippen LogP contribution < -0.4 is 5.73 Å². The van der Waals surface area contributed by atoms with Gasteiger partial charge in [0.1, 0.15) is 17.1 Å². The van der Waals surface area contributed by atoms with E-state index in [2.05, 4.69) is 4.98 Å². The Morgan fingerprint density at radius 1 is 1.50 bits per heavy atom. The van der Waals surface area contributed by atoms with Gasteiger partial charge in [0.15, 0.2) is 11.0 Å². The molecule has 0 aliphatic carbocycles. The second-order valence-corrected chi connectivity index (χ2v) is 7.58. The van der Waals surface area contributed by atoms with E-state index >= 15 is 0 Å². The number of hydrogen-bond donors (Lipinski definition) is 2. The number of amides is 1. The van der Waals surface area contributed by atoms with Crippen molar-refractivity contribution in [1.82, 2.24) is 9.88 Å². The molecule has 1 amide bonds. The number of β-lactam (4-membered cyclic amide) rings is 1. The predicted octanol–water partition coefficient (Wildman–Crippen LogP) is 1.47. The molecule has 2 atom stereocenters. The van der Waals surface area contributed by atoms with E-state index in [1.54, 1.807) is 0 Å². The van der Waals surface area contributed by atoms with Crippen molar-refractivity contribution in [3.05, 3.63) is 22.9 Å². The molecule has 1 saturated heterocycles. The molecule has 0 aromatic carbocycles. The van der Waals surface area contributed by atoms with E-state index in [1.807, 2.05) is 13.8 Å². The standard InChI is InChI=1S/C15H19N3O4S2/c1-3-8-15(22-9(4-2)17-8)24-6-7-5-23-13-10(16)12(19)18(13)11(7)14(20)21/h10,13H,3-6,16H2,1-2H3,(H,20,21)/t10?,13-/m1/s1. The largest absolute Gasteiger partial charge is 0.477 e. The Hall–Kier alpha value is -1.45. The number of aliphatic carboxylic acids is 1. The molecule has 3 N–H and O–H groups in total. The van der Waals surface area contributed by atoms with Gasteiger partial charge in [-0.2, -0.15) is 0 Å². The van der Waals surface area contributed by atoms with Crippen LogP contribution in [-0.2, 0) is 22.4 Å². The SMILES string of the molecule is CCc1nc(CC)c(SCC2=C(C(=O)O)N3C(=O)C(N)[C@H]3SC2)o1. The van der Waals surface area contributed by atoms with Crippen LogP contribution in [0.15, 0.2) is 20.8 Å². The number of hydrogen-bond acceptors (Lipinski definition) is 7. The third-order valence-electron chi connectivity index (χ3n) is 4.01. The van der Waals surface area contributed by atoms with Gasteiger partial charge in [0.2, 0.25) is 5.91 Å². The third kappa shape index (κ3) is 2.84. The Morgan fingerprint density at radius 2 is 2.25 bits per heavy atom. The molecule has 1 aromatic heterocycles. The highest BCUT2D eigenvalue weighted by Gasteiger charge is 2.51.